The molecule has 0 radical (unpaired) electrons. The Labute approximate surface area is 406 Å². The third kappa shape index (κ3) is 10.0. The first-order valence-electron chi connectivity index (χ1n) is 24.6. The van der Waals surface area contributed by atoms with Gasteiger partial charge in [0.1, 0.15) is 65.9 Å². The van der Waals surface area contributed by atoms with Gasteiger partial charge < -0.3 is 64.2 Å². The van der Waals surface area contributed by atoms with Gasteiger partial charge in [-0.1, -0.05) is 66.7 Å². The largest absolute Gasteiger partial charge is 0.460 e. The molecule has 4 heterocycles. The van der Waals surface area contributed by atoms with Gasteiger partial charge in [0.05, 0.1) is 32.4 Å². The van der Waals surface area contributed by atoms with E-state index in [0.29, 0.717) is 0 Å². The van der Waals surface area contributed by atoms with Crippen LogP contribution in [0.2, 0.25) is 0 Å². The minimum atomic E-state index is -1.59. The highest BCUT2D eigenvalue weighted by Crippen LogP contribution is 2.64. The molecule has 7 aliphatic rings. The second-order valence-corrected chi connectivity index (χ2v) is 21.0. The maximum atomic E-state index is 15.9. The number of fused-ring (bicyclic) bond motifs is 4. The average Bonchev–Trinajstić information content (AvgIpc) is 4.29. The summed E-state index contributed by atoms with van der Waals surface area (Å²) in [4.78, 5) is 66.0. The first-order chi connectivity index (χ1) is 33.5. The Kier molecular flexibility index (Phi) is 14.6. The molecule has 19 nitrogen and oxygen atoms in total. The van der Waals surface area contributed by atoms with Gasteiger partial charge in [0.2, 0.25) is 11.8 Å². The standard InChI is InChI=1S/C51H67N3O16/c1-49(2,3)67-37(57)20-19-33(26-55)52-45(61)34(23-29-10-6-5-7-11-29)53(4)48(63)50-24-35-41-42(69-51(68-41,31-15-16-31)32-17-18-32)44(50)70-54(43(50)46(62)65-35)25-30-13-8-12-28(22-30)14-9-21-64-47-40(60)39(59)38(58)36(27-56)66-47/h5-14,22,31-36,38-44,47,55-56,58-60H,15-21,23-27H2,1-4H3,(H,52,61). The highest BCUT2D eigenvalue weighted by Gasteiger charge is 2.78. The number of nitrogens with zero attached hydrogens (tertiary/aromatic N) is 2. The quantitative estimate of drug-likeness (QED) is 0.109. The number of aliphatic hydroxyl groups excluding tert-OH is 5. The van der Waals surface area contributed by atoms with E-state index in [1.165, 1.54) is 9.96 Å². The predicted octanol–water partition coefficient (Wildman–Crippen LogP) is 1.29. The number of hydrogen-bond donors (Lipinski definition) is 6. The molecule has 2 aromatic rings. The number of rotatable bonds is 19. The van der Waals surface area contributed by atoms with Gasteiger partial charge in [-0.2, -0.15) is 5.06 Å². The van der Waals surface area contributed by atoms with E-state index in [-0.39, 0.29) is 50.7 Å². The molecular weight excluding hydrogens is 911 g/mol. The summed E-state index contributed by atoms with van der Waals surface area (Å²) in [6, 6.07) is 13.4. The molecular formula is C51H67N3O16. The van der Waals surface area contributed by atoms with Crippen molar-refractivity contribution in [3.8, 4) is 0 Å². The fourth-order valence-electron chi connectivity index (χ4n) is 11.1. The van der Waals surface area contributed by atoms with Crippen molar-refractivity contribution in [1.82, 2.24) is 15.3 Å². The van der Waals surface area contributed by atoms with Crippen LogP contribution in [0.15, 0.2) is 60.7 Å². The molecule has 4 aliphatic heterocycles. The first-order valence-corrected chi connectivity index (χ1v) is 24.6. The number of nitrogens with one attached hydrogen (secondary N) is 1. The molecule has 2 amide bonds. The van der Waals surface area contributed by atoms with Gasteiger partial charge >= 0.3 is 11.9 Å². The van der Waals surface area contributed by atoms with Crippen molar-refractivity contribution in [3.05, 3.63) is 77.4 Å². The number of carbonyl (C=O) groups is 4. The van der Waals surface area contributed by atoms with Crippen molar-refractivity contribution in [3.63, 3.8) is 0 Å². The average molecular weight is 978 g/mol. The number of aliphatic hydroxyl groups is 5. The molecule has 6 N–H and O–H groups in total. The Morgan fingerprint density at radius 2 is 1.64 bits per heavy atom. The molecule has 13 atom stereocenters. The molecule has 7 fully saturated rings. The Morgan fingerprint density at radius 3 is 2.31 bits per heavy atom. The molecule has 13 unspecified atom stereocenters. The number of hydroxylamine groups is 2. The number of carbonyl (C=O) groups excluding carboxylic acids is 4. The van der Waals surface area contributed by atoms with Gasteiger partial charge in [-0.05, 0) is 69.6 Å². The summed E-state index contributed by atoms with van der Waals surface area (Å²) >= 11 is 0. The second-order valence-electron chi connectivity index (χ2n) is 21.0. The Bertz CT molecular complexity index is 2240. The number of amides is 2. The van der Waals surface area contributed by atoms with Crippen LogP contribution in [0.1, 0.15) is 82.4 Å². The molecule has 3 saturated carbocycles. The predicted molar refractivity (Wildman–Crippen MR) is 245 cm³/mol. The Morgan fingerprint density at radius 1 is 0.943 bits per heavy atom. The zero-order valence-electron chi connectivity index (χ0n) is 40.0. The summed E-state index contributed by atoms with van der Waals surface area (Å²) in [7, 11) is 1.55. The van der Waals surface area contributed by atoms with Crippen LogP contribution in [0.25, 0.3) is 6.08 Å². The van der Waals surface area contributed by atoms with Crippen LogP contribution in [0.4, 0.5) is 0 Å². The molecule has 0 spiro atoms. The molecule has 70 heavy (non-hydrogen) atoms. The SMILES string of the molecule is CN(C(=O)C12CC3OC(=O)C1N(Cc1cccc(C=CCOC4OC(CO)C(O)C(O)C4O)c1)OC2C1OC(C2CC2)(C2CC2)OC31)C(Cc1ccccc1)C(=O)NC(CO)CCC(=O)OC(C)(C)C. The van der Waals surface area contributed by atoms with E-state index >= 15 is 4.79 Å². The second kappa shape index (κ2) is 20.3. The fraction of sp³-hybridized carbons (Fsp3) is 0.647. The minimum Gasteiger partial charge on any atom is -0.460 e. The van der Waals surface area contributed by atoms with E-state index in [0.717, 1.165) is 42.4 Å². The van der Waals surface area contributed by atoms with Crippen LogP contribution >= 0.6 is 0 Å². The molecule has 382 valence electrons. The highest BCUT2D eigenvalue weighted by molar-refractivity contribution is 5.96. The minimum absolute atomic E-state index is 0.0428. The fourth-order valence-corrected chi connectivity index (χ4v) is 11.1. The zero-order valence-corrected chi connectivity index (χ0v) is 40.0. The molecule has 9 rings (SSSR count). The number of likely N-dealkylation sites (N-methyl/N-ethyl adjacent to an activating group) is 1. The summed E-state index contributed by atoms with van der Waals surface area (Å²) < 4.78 is 36.8. The van der Waals surface area contributed by atoms with Crippen LogP contribution in [0.5, 0.6) is 0 Å². The molecule has 2 aromatic carbocycles. The molecule has 19 heteroatoms. The normalized spacial score (nSPS) is 33.3. The Balaban J connectivity index is 0.986. The number of benzene rings is 2. The third-order valence-electron chi connectivity index (χ3n) is 14.7. The molecule has 4 saturated heterocycles. The zero-order chi connectivity index (χ0) is 49.7. The summed E-state index contributed by atoms with van der Waals surface area (Å²) in [6.07, 6.45) is -3.03. The van der Waals surface area contributed by atoms with Crippen LogP contribution < -0.4 is 5.32 Å². The van der Waals surface area contributed by atoms with Gasteiger partial charge in [0.25, 0.3) is 0 Å². The smallest absolute Gasteiger partial charge is 0.327 e. The lowest BCUT2D eigenvalue weighted by molar-refractivity contribution is -0.298. The van der Waals surface area contributed by atoms with Gasteiger partial charge in [-0.25, -0.2) is 0 Å². The number of esters is 2. The van der Waals surface area contributed by atoms with Crippen molar-refractivity contribution in [2.24, 2.45) is 17.3 Å². The lowest BCUT2D eigenvalue weighted by Gasteiger charge is -2.50. The van der Waals surface area contributed by atoms with Crippen LogP contribution in [-0.2, 0) is 65.4 Å². The summed E-state index contributed by atoms with van der Waals surface area (Å²) in [6.45, 7) is 4.21. The maximum absolute atomic E-state index is 15.9. The van der Waals surface area contributed by atoms with E-state index in [1.54, 1.807) is 40.0 Å². The molecule has 0 aromatic heterocycles. The summed E-state index contributed by atoms with van der Waals surface area (Å²) in [5.74, 6) is -2.76. The van der Waals surface area contributed by atoms with Crippen molar-refractivity contribution >= 4 is 29.8 Å². The van der Waals surface area contributed by atoms with E-state index in [9.17, 15) is 39.9 Å². The van der Waals surface area contributed by atoms with Gasteiger partial charge in [-0.15, -0.1) is 0 Å². The van der Waals surface area contributed by atoms with Gasteiger partial charge in [0, 0.05) is 38.1 Å². The van der Waals surface area contributed by atoms with Crippen molar-refractivity contribution in [2.75, 3.05) is 26.9 Å². The number of ether oxygens (including phenoxy) is 6. The third-order valence-corrected chi connectivity index (χ3v) is 14.7. The van der Waals surface area contributed by atoms with Crippen LogP contribution in [0, 0.1) is 17.3 Å². The van der Waals surface area contributed by atoms with E-state index in [2.05, 4.69) is 5.32 Å². The van der Waals surface area contributed by atoms with Crippen molar-refractivity contribution < 1.29 is 78.0 Å². The van der Waals surface area contributed by atoms with Crippen molar-refractivity contribution in [1.29, 1.82) is 0 Å². The topological polar surface area (TPSA) is 253 Å². The highest BCUT2D eigenvalue weighted by atomic mass is 16.8. The van der Waals surface area contributed by atoms with E-state index < -0.39 is 127 Å². The van der Waals surface area contributed by atoms with E-state index in [1.807, 2.05) is 54.6 Å². The molecule has 2 bridgehead atoms. The number of hydrogen-bond acceptors (Lipinski definition) is 17. The van der Waals surface area contributed by atoms with E-state index in [4.69, 9.17) is 33.3 Å². The Hall–Kier alpha value is -4.38. The van der Waals surface area contributed by atoms with Gasteiger partial charge in [-0.3, -0.25) is 24.0 Å². The van der Waals surface area contributed by atoms with Gasteiger partial charge in [0.15, 0.2) is 18.1 Å². The maximum Gasteiger partial charge on any atom is 0.327 e. The first kappa shape index (κ1) is 50.6. The van der Waals surface area contributed by atoms with Crippen LogP contribution in [-0.4, -0.2) is 171 Å². The van der Waals surface area contributed by atoms with Crippen LogP contribution in [0.3, 0.4) is 0 Å². The summed E-state index contributed by atoms with van der Waals surface area (Å²) in [5, 5.41) is 55.0. The molecule has 3 aliphatic carbocycles. The lowest BCUT2D eigenvalue weighted by atomic mass is 9.62. The monoisotopic (exact) mass is 977 g/mol. The summed E-state index contributed by atoms with van der Waals surface area (Å²) in [5.41, 5.74) is -0.0915. The van der Waals surface area contributed by atoms with Crippen molar-refractivity contribution in [2.45, 2.75) is 163 Å². The lowest BCUT2D eigenvalue weighted by Crippen LogP contribution is -2.70.